The van der Waals surface area contributed by atoms with Gasteiger partial charge >= 0.3 is 17.8 Å². The van der Waals surface area contributed by atoms with E-state index in [1.165, 1.54) is 5.56 Å². The molecule has 134 valence electrons. The monoisotopic (exact) mass is 352 g/mol. The fraction of sp³-hybridized carbons (Fsp3) is 0.250. The van der Waals surface area contributed by atoms with Crippen molar-refractivity contribution < 1.29 is 19.1 Å². The van der Waals surface area contributed by atoms with Gasteiger partial charge in [-0.05, 0) is 48.7 Å². The first-order chi connectivity index (χ1) is 12.6. The molecule has 1 N–H and O–H groups in total. The number of carbonyl (C=O) groups excluding carboxylic acids is 3. The van der Waals surface area contributed by atoms with E-state index in [2.05, 4.69) is 5.32 Å². The molecule has 0 bridgehead atoms. The van der Waals surface area contributed by atoms with Gasteiger partial charge in [0.15, 0.2) is 0 Å². The van der Waals surface area contributed by atoms with Crippen molar-refractivity contribution in [1.29, 1.82) is 0 Å². The molecule has 0 aromatic heterocycles. The smallest absolute Gasteiger partial charge is 0.338 e. The third-order valence-corrected chi connectivity index (χ3v) is 4.27. The summed E-state index contributed by atoms with van der Waals surface area (Å²) in [7, 11) is 0. The number of carbonyl (C=O) groups is 3. The number of fused-ring (bicyclic) bond motifs is 1. The highest BCUT2D eigenvalue weighted by molar-refractivity contribution is 6.39. The summed E-state index contributed by atoms with van der Waals surface area (Å²) < 4.78 is 4.91. The van der Waals surface area contributed by atoms with Gasteiger partial charge in [0, 0.05) is 18.8 Å². The van der Waals surface area contributed by atoms with Crippen molar-refractivity contribution in [2.24, 2.45) is 0 Å². The van der Waals surface area contributed by atoms with E-state index in [-0.39, 0.29) is 0 Å². The van der Waals surface area contributed by atoms with Crippen LogP contribution in [-0.2, 0) is 27.3 Å². The maximum absolute atomic E-state index is 12.4. The molecule has 0 unspecified atom stereocenters. The van der Waals surface area contributed by atoms with E-state index in [4.69, 9.17) is 4.74 Å². The van der Waals surface area contributed by atoms with Gasteiger partial charge in [0.25, 0.3) is 0 Å². The number of hydrogen-bond acceptors (Lipinski definition) is 4. The molecule has 1 aliphatic rings. The predicted octanol–water partition coefficient (Wildman–Crippen LogP) is 2.39. The number of esters is 1. The standard InChI is InChI=1S/C20H20N2O4/c1-2-26-20(25)15-7-9-17(10-8-15)21-18(23)19(24)22-12-11-14-5-3-4-6-16(14)13-22/h3-10H,2,11-13H2,1H3,(H,21,23). The summed E-state index contributed by atoms with van der Waals surface area (Å²) in [5.74, 6) is -1.67. The molecule has 2 aromatic carbocycles. The molecule has 1 heterocycles. The van der Waals surface area contributed by atoms with Gasteiger partial charge in [-0.15, -0.1) is 0 Å². The van der Waals surface area contributed by atoms with Crippen LogP contribution in [0.1, 0.15) is 28.4 Å². The van der Waals surface area contributed by atoms with Crippen LogP contribution >= 0.6 is 0 Å². The van der Waals surface area contributed by atoms with Crippen molar-refractivity contribution in [2.75, 3.05) is 18.5 Å². The van der Waals surface area contributed by atoms with Crippen LogP contribution in [0, 0.1) is 0 Å². The fourth-order valence-electron chi connectivity index (χ4n) is 2.90. The van der Waals surface area contributed by atoms with Gasteiger partial charge in [0.1, 0.15) is 0 Å². The summed E-state index contributed by atoms with van der Waals surface area (Å²) >= 11 is 0. The van der Waals surface area contributed by atoms with Gasteiger partial charge in [0.2, 0.25) is 0 Å². The van der Waals surface area contributed by atoms with Crippen LogP contribution in [0.2, 0.25) is 0 Å². The number of rotatable bonds is 3. The quantitative estimate of drug-likeness (QED) is 0.680. The second-order valence-electron chi connectivity index (χ2n) is 6.00. The van der Waals surface area contributed by atoms with E-state index in [9.17, 15) is 14.4 Å². The van der Waals surface area contributed by atoms with Gasteiger partial charge < -0.3 is 15.0 Å². The number of amides is 2. The zero-order valence-corrected chi connectivity index (χ0v) is 14.5. The topological polar surface area (TPSA) is 75.7 Å². The zero-order valence-electron chi connectivity index (χ0n) is 14.5. The lowest BCUT2D eigenvalue weighted by atomic mass is 10.00. The van der Waals surface area contributed by atoms with Gasteiger partial charge in [-0.3, -0.25) is 9.59 Å². The van der Waals surface area contributed by atoms with E-state index in [1.807, 2.05) is 24.3 Å². The molecule has 0 saturated heterocycles. The van der Waals surface area contributed by atoms with Crippen LogP contribution in [0.5, 0.6) is 0 Å². The third-order valence-electron chi connectivity index (χ3n) is 4.27. The Hall–Kier alpha value is -3.15. The summed E-state index contributed by atoms with van der Waals surface area (Å²) in [6, 6.07) is 14.2. The molecule has 1 aliphatic heterocycles. The maximum atomic E-state index is 12.4. The summed E-state index contributed by atoms with van der Waals surface area (Å²) in [6.07, 6.45) is 0.740. The molecule has 0 spiro atoms. The van der Waals surface area contributed by atoms with E-state index in [1.54, 1.807) is 36.1 Å². The highest BCUT2D eigenvalue weighted by Crippen LogP contribution is 2.19. The molecule has 2 aromatic rings. The second kappa shape index (κ2) is 7.82. The summed E-state index contributed by atoms with van der Waals surface area (Å²) in [6.45, 7) is 2.98. The number of nitrogens with zero attached hydrogens (tertiary/aromatic N) is 1. The molecule has 0 fully saturated rings. The van der Waals surface area contributed by atoms with Crippen molar-refractivity contribution >= 4 is 23.5 Å². The molecule has 0 aliphatic carbocycles. The number of benzene rings is 2. The largest absolute Gasteiger partial charge is 0.462 e. The van der Waals surface area contributed by atoms with E-state index < -0.39 is 17.8 Å². The maximum Gasteiger partial charge on any atom is 0.338 e. The normalized spacial score (nSPS) is 12.9. The minimum Gasteiger partial charge on any atom is -0.462 e. The minimum atomic E-state index is -0.687. The lowest BCUT2D eigenvalue weighted by Gasteiger charge is -2.28. The van der Waals surface area contributed by atoms with Crippen LogP contribution in [0.3, 0.4) is 0 Å². The Morgan fingerprint density at radius 1 is 1.04 bits per heavy atom. The first kappa shape index (κ1) is 17.7. The number of anilines is 1. The van der Waals surface area contributed by atoms with Gasteiger partial charge in [-0.2, -0.15) is 0 Å². The Kier molecular flexibility index (Phi) is 5.31. The van der Waals surface area contributed by atoms with Crippen molar-refractivity contribution in [3.8, 4) is 0 Å². The highest BCUT2D eigenvalue weighted by Gasteiger charge is 2.25. The second-order valence-corrected chi connectivity index (χ2v) is 6.00. The molecule has 0 atom stereocenters. The molecule has 6 nitrogen and oxygen atoms in total. The Morgan fingerprint density at radius 3 is 2.42 bits per heavy atom. The first-order valence-electron chi connectivity index (χ1n) is 8.52. The molecule has 2 amide bonds. The van der Waals surface area contributed by atoms with Crippen LogP contribution < -0.4 is 5.32 Å². The number of nitrogens with one attached hydrogen (secondary N) is 1. The Bertz CT molecular complexity index is 830. The SMILES string of the molecule is CCOC(=O)c1ccc(NC(=O)C(=O)N2CCc3ccccc3C2)cc1. The van der Waals surface area contributed by atoms with Gasteiger partial charge in [-0.25, -0.2) is 4.79 Å². The Morgan fingerprint density at radius 2 is 1.73 bits per heavy atom. The van der Waals surface area contributed by atoms with Crippen LogP contribution in [-0.4, -0.2) is 35.8 Å². The summed E-state index contributed by atoms with van der Waals surface area (Å²) in [5.41, 5.74) is 3.13. The Labute approximate surface area is 151 Å². The van der Waals surface area contributed by atoms with E-state index >= 15 is 0 Å². The molecule has 0 saturated carbocycles. The molecule has 3 rings (SSSR count). The van der Waals surface area contributed by atoms with Crippen LogP contribution in [0.4, 0.5) is 5.69 Å². The molecule has 6 heteroatoms. The van der Waals surface area contributed by atoms with E-state index in [0.717, 1.165) is 12.0 Å². The fourth-order valence-corrected chi connectivity index (χ4v) is 2.90. The first-order valence-corrected chi connectivity index (χ1v) is 8.52. The van der Waals surface area contributed by atoms with Crippen LogP contribution in [0.25, 0.3) is 0 Å². The lowest BCUT2D eigenvalue weighted by Crippen LogP contribution is -2.42. The highest BCUT2D eigenvalue weighted by atomic mass is 16.5. The summed E-state index contributed by atoms with van der Waals surface area (Å²) in [4.78, 5) is 37.8. The third kappa shape index (κ3) is 3.91. The lowest BCUT2D eigenvalue weighted by molar-refractivity contribution is -0.143. The van der Waals surface area contributed by atoms with Crippen LogP contribution in [0.15, 0.2) is 48.5 Å². The van der Waals surface area contributed by atoms with Crippen molar-refractivity contribution in [3.05, 3.63) is 65.2 Å². The predicted molar refractivity (Wildman–Crippen MR) is 96.6 cm³/mol. The van der Waals surface area contributed by atoms with Crippen molar-refractivity contribution in [3.63, 3.8) is 0 Å². The molecule has 26 heavy (non-hydrogen) atoms. The van der Waals surface area contributed by atoms with Gasteiger partial charge in [0.05, 0.1) is 12.2 Å². The Balaban J connectivity index is 1.61. The zero-order chi connectivity index (χ0) is 18.5. The average Bonchev–Trinajstić information content (AvgIpc) is 2.67. The van der Waals surface area contributed by atoms with Crippen molar-refractivity contribution in [2.45, 2.75) is 19.9 Å². The average molecular weight is 352 g/mol. The van der Waals surface area contributed by atoms with Gasteiger partial charge in [-0.1, -0.05) is 24.3 Å². The number of ether oxygens (including phenoxy) is 1. The number of hydrogen-bond donors (Lipinski definition) is 1. The molecule has 0 radical (unpaired) electrons. The van der Waals surface area contributed by atoms with Crippen molar-refractivity contribution in [1.82, 2.24) is 4.90 Å². The van der Waals surface area contributed by atoms with E-state index in [0.29, 0.717) is 30.9 Å². The molecular weight excluding hydrogens is 332 g/mol. The summed E-state index contributed by atoms with van der Waals surface area (Å²) in [5, 5.41) is 2.58. The molecular formula is C20H20N2O4. The minimum absolute atomic E-state index is 0.296.